The van der Waals surface area contributed by atoms with Gasteiger partial charge < -0.3 is 14.6 Å². The van der Waals surface area contributed by atoms with Crippen LogP contribution in [-0.4, -0.2) is 16.7 Å². The Morgan fingerprint density at radius 3 is 2.68 bits per heavy atom. The van der Waals surface area contributed by atoms with Crippen molar-refractivity contribution in [1.29, 1.82) is 0 Å². The van der Waals surface area contributed by atoms with E-state index in [9.17, 15) is 0 Å². The average Bonchev–Trinajstić information content (AvgIpc) is 2.88. The number of nitrogens with one attached hydrogen (secondary N) is 1. The molecule has 1 aromatic heterocycles. The van der Waals surface area contributed by atoms with Crippen molar-refractivity contribution in [3.8, 4) is 5.75 Å². The number of imidazole rings is 1. The van der Waals surface area contributed by atoms with Crippen molar-refractivity contribution in [2.75, 3.05) is 7.11 Å². The highest BCUT2D eigenvalue weighted by molar-refractivity contribution is 5.27. The number of hydrogen-bond donors (Lipinski definition) is 1. The molecule has 1 aromatic carbocycles. The summed E-state index contributed by atoms with van der Waals surface area (Å²) in [5, 5.41) is 3.44. The lowest BCUT2D eigenvalue weighted by Crippen LogP contribution is -2.15. The summed E-state index contributed by atoms with van der Waals surface area (Å²) in [5.41, 5.74) is 2.48. The molecule has 0 fully saturated rings. The Labute approximate surface area is 114 Å². The highest BCUT2D eigenvalue weighted by Gasteiger charge is 2.01. The van der Waals surface area contributed by atoms with Crippen LogP contribution in [0.5, 0.6) is 5.75 Å². The van der Waals surface area contributed by atoms with Gasteiger partial charge in [-0.25, -0.2) is 4.98 Å². The Morgan fingerprint density at radius 2 is 2.00 bits per heavy atom. The summed E-state index contributed by atoms with van der Waals surface area (Å²) >= 11 is 0. The molecule has 0 saturated carbocycles. The van der Waals surface area contributed by atoms with Crippen LogP contribution in [0.1, 0.15) is 24.6 Å². The van der Waals surface area contributed by atoms with E-state index in [1.54, 1.807) is 7.11 Å². The molecule has 19 heavy (non-hydrogen) atoms. The van der Waals surface area contributed by atoms with Gasteiger partial charge in [0.2, 0.25) is 0 Å². The minimum absolute atomic E-state index is 0.839. The number of benzene rings is 1. The SMILES string of the molecule is CCCn1cncc1CNCc1ccc(OC)cc1. The monoisotopic (exact) mass is 259 g/mol. The molecule has 0 aliphatic carbocycles. The first-order valence-corrected chi connectivity index (χ1v) is 6.66. The maximum absolute atomic E-state index is 5.14. The first kappa shape index (κ1) is 13.6. The van der Waals surface area contributed by atoms with Crippen molar-refractivity contribution in [2.45, 2.75) is 33.0 Å². The molecule has 0 unspecified atom stereocenters. The Kier molecular flexibility index (Phi) is 4.98. The van der Waals surface area contributed by atoms with Crippen LogP contribution in [0.15, 0.2) is 36.8 Å². The number of rotatable bonds is 7. The van der Waals surface area contributed by atoms with Gasteiger partial charge in [-0.2, -0.15) is 0 Å². The lowest BCUT2D eigenvalue weighted by Gasteiger charge is -2.08. The van der Waals surface area contributed by atoms with Gasteiger partial charge in [-0.1, -0.05) is 19.1 Å². The fourth-order valence-electron chi connectivity index (χ4n) is 2.02. The smallest absolute Gasteiger partial charge is 0.118 e. The Morgan fingerprint density at radius 1 is 1.21 bits per heavy atom. The van der Waals surface area contributed by atoms with Crippen LogP contribution in [0.4, 0.5) is 0 Å². The number of hydrogen-bond acceptors (Lipinski definition) is 3. The van der Waals surface area contributed by atoms with Gasteiger partial charge in [0.1, 0.15) is 5.75 Å². The molecule has 1 heterocycles. The van der Waals surface area contributed by atoms with Gasteiger partial charge in [0.25, 0.3) is 0 Å². The fraction of sp³-hybridized carbons (Fsp3) is 0.400. The zero-order valence-electron chi connectivity index (χ0n) is 11.6. The lowest BCUT2D eigenvalue weighted by atomic mass is 10.2. The molecule has 0 radical (unpaired) electrons. The topological polar surface area (TPSA) is 39.1 Å². The number of ether oxygens (including phenoxy) is 1. The summed E-state index contributed by atoms with van der Waals surface area (Å²) in [6.07, 6.45) is 4.95. The van der Waals surface area contributed by atoms with E-state index in [0.717, 1.165) is 31.8 Å². The molecule has 0 bridgehead atoms. The molecule has 102 valence electrons. The minimum Gasteiger partial charge on any atom is -0.497 e. The molecule has 0 aliphatic rings. The van der Waals surface area contributed by atoms with Gasteiger partial charge >= 0.3 is 0 Å². The van der Waals surface area contributed by atoms with Crippen molar-refractivity contribution in [2.24, 2.45) is 0 Å². The summed E-state index contributed by atoms with van der Waals surface area (Å²) in [7, 11) is 1.68. The highest BCUT2D eigenvalue weighted by atomic mass is 16.5. The molecule has 0 atom stereocenters. The van der Waals surface area contributed by atoms with Crippen LogP contribution in [0.2, 0.25) is 0 Å². The third kappa shape index (κ3) is 3.83. The van der Waals surface area contributed by atoms with Crippen LogP contribution < -0.4 is 10.1 Å². The maximum Gasteiger partial charge on any atom is 0.118 e. The van der Waals surface area contributed by atoms with E-state index in [1.165, 1.54) is 11.3 Å². The zero-order chi connectivity index (χ0) is 13.5. The van der Waals surface area contributed by atoms with Crippen LogP contribution in [-0.2, 0) is 19.6 Å². The largest absolute Gasteiger partial charge is 0.497 e. The Balaban J connectivity index is 1.83. The van der Waals surface area contributed by atoms with Crippen molar-refractivity contribution in [3.63, 3.8) is 0 Å². The molecule has 4 nitrogen and oxygen atoms in total. The quantitative estimate of drug-likeness (QED) is 0.830. The average molecular weight is 259 g/mol. The molecule has 1 N–H and O–H groups in total. The first-order chi connectivity index (χ1) is 9.33. The molecular formula is C15H21N3O. The first-order valence-electron chi connectivity index (χ1n) is 6.66. The summed E-state index contributed by atoms with van der Waals surface area (Å²) in [6.45, 7) is 4.89. The second-order valence-corrected chi connectivity index (χ2v) is 4.53. The van der Waals surface area contributed by atoms with Crippen LogP contribution in [0.3, 0.4) is 0 Å². The fourth-order valence-corrected chi connectivity index (χ4v) is 2.02. The van der Waals surface area contributed by atoms with Gasteiger partial charge in [0, 0.05) is 25.8 Å². The Bertz CT molecular complexity index is 490. The molecule has 0 aliphatic heterocycles. The number of methoxy groups -OCH3 is 1. The van der Waals surface area contributed by atoms with Crippen LogP contribution in [0.25, 0.3) is 0 Å². The van der Waals surface area contributed by atoms with E-state index in [4.69, 9.17) is 4.74 Å². The standard InChI is InChI=1S/C15H21N3O/c1-3-8-18-12-17-11-14(18)10-16-9-13-4-6-15(19-2)7-5-13/h4-7,11-12,16H,3,8-10H2,1-2H3. The van der Waals surface area contributed by atoms with E-state index in [0.29, 0.717) is 0 Å². The second kappa shape index (κ2) is 6.95. The molecule has 2 rings (SSSR count). The molecule has 0 saturated heterocycles. The lowest BCUT2D eigenvalue weighted by molar-refractivity contribution is 0.414. The molecule has 0 spiro atoms. The van der Waals surface area contributed by atoms with Gasteiger partial charge in [0.15, 0.2) is 0 Å². The predicted molar refractivity (Wildman–Crippen MR) is 76.1 cm³/mol. The molecule has 2 aromatic rings. The van der Waals surface area contributed by atoms with Crippen LogP contribution in [0, 0.1) is 0 Å². The van der Waals surface area contributed by atoms with Gasteiger partial charge in [-0.3, -0.25) is 0 Å². The zero-order valence-corrected chi connectivity index (χ0v) is 11.6. The van der Waals surface area contributed by atoms with E-state index in [-0.39, 0.29) is 0 Å². The molecule has 0 amide bonds. The predicted octanol–water partition coefficient (Wildman–Crippen LogP) is 2.59. The molecular weight excluding hydrogens is 238 g/mol. The van der Waals surface area contributed by atoms with Gasteiger partial charge in [0.05, 0.1) is 19.1 Å². The summed E-state index contributed by atoms with van der Waals surface area (Å²) < 4.78 is 7.34. The van der Waals surface area contributed by atoms with E-state index < -0.39 is 0 Å². The summed E-state index contributed by atoms with van der Waals surface area (Å²) in [4.78, 5) is 4.20. The maximum atomic E-state index is 5.14. The minimum atomic E-state index is 0.839. The normalized spacial score (nSPS) is 10.6. The van der Waals surface area contributed by atoms with Crippen molar-refractivity contribution in [3.05, 3.63) is 48.0 Å². The van der Waals surface area contributed by atoms with E-state index in [2.05, 4.69) is 33.9 Å². The van der Waals surface area contributed by atoms with E-state index >= 15 is 0 Å². The summed E-state index contributed by atoms with van der Waals surface area (Å²) in [6, 6.07) is 8.13. The van der Waals surface area contributed by atoms with Gasteiger partial charge in [-0.15, -0.1) is 0 Å². The molecule has 4 heteroatoms. The highest BCUT2D eigenvalue weighted by Crippen LogP contribution is 2.11. The number of aryl methyl sites for hydroxylation is 1. The van der Waals surface area contributed by atoms with Crippen molar-refractivity contribution < 1.29 is 4.74 Å². The third-order valence-electron chi connectivity index (χ3n) is 3.06. The number of nitrogens with zero attached hydrogens (tertiary/aromatic N) is 2. The van der Waals surface area contributed by atoms with Gasteiger partial charge in [-0.05, 0) is 24.1 Å². The summed E-state index contributed by atoms with van der Waals surface area (Å²) in [5.74, 6) is 0.893. The second-order valence-electron chi connectivity index (χ2n) is 4.53. The van der Waals surface area contributed by atoms with Crippen molar-refractivity contribution >= 4 is 0 Å². The van der Waals surface area contributed by atoms with E-state index in [1.807, 2.05) is 24.7 Å². The van der Waals surface area contributed by atoms with Crippen molar-refractivity contribution in [1.82, 2.24) is 14.9 Å². The Hall–Kier alpha value is -1.81. The number of aromatic nitrogens is 2. The third-order valence-corrected chi connectivity index (χ3v) is 3.06. The van der Waals surface area contributed by atoms with Crippen LogP contribution >= 0.6 is 0 Å².